The Morgan fingerprint density at radius 3 is 2.77 bits per heavy atom. The van der Waals surface area contributed by atoms with E-state index in [1.165, 1.54) is 0 Å². The van der Waals surface area contributed by atoms with E-state index < -0.39 is 6.04 Å². The standard InChI is InChI=1S/C21H29N5O4/c1-25(8-6-16-12-23-24-13-16)20(27)11-17-21(28)22-7-9-26(17)14-15-4-5-18(29-2)19(10-15)30-3/h4-5,10,12-13,17H,6-9,11,14H2,1-3H3,(H,22,28)(H,23,24). The minimum atomic E-state index is -0.504. The molecule has 3 rings (SSSR count). The van der Waals surface area contributed by atoms with Crippen molar-refractivity contribution in [2.75, 3.05) is 40.9 Å². The Kier molecular flexibility index (Phi) is 7.29. The minimum absolute atomic E-state index is 0.0575. The van der Waals surface area contributed by atoms with Gasteiger partial charge in [-0.15, -0.1) is 0 Å². The molecular weight excluding hydrogens is 386 g/mol. The van der Waals surface area contributed by atoms with Gasteiger partial charge < -0.3 is 19.7 Å². The third kappa shape index (κ3) is 5.29. The predicted octanol–water partition coefficient (Wildman–Crippen LogP) is 0.819. The molecule has 1 saturated heterocycles. The smallest absolute Gasteiger partial charge is 0.237 e. The van der Waals surface area contributed by atoms with Gasteiger partial charge in [0.05, 0.1) is 32.9 Å². The molecule has 0 bridgehead atoms. The third-order valence-electron chi connectivity index (χ3n) is 5.36. The van der Waals surface area contributed by atoms with E-state index in [4.69, 9.17) is 9.47 Å². The van der Waals surface area contributed by atoms with E-state index in [0.717, 1.165) is 11.1 Å². The molecule has 30 heavy (non-hydrogen) atoms. The fourth-order valence-electron chi connectivity index (χ4n) is 3.54. The molecule has 2 amide bonds. The van der Waals surface area contributed by atoms with E-state index in [0.29, 0.717) is 44.1 Å². The lowest BCUT2D eigenvalue weighted by Gasteiger charge is -2.35. The summed E-state index contributed by atoms with van der Waals surface area (Å²) in [5.74, 6) is 1.13. The Bertz CT molecular complexity index is 855. The maximum atomic E-state index is 12.8. The second kappa shape index (κ2) is 10.1. The van der Waals surface area contributed by atoms with E-state index in [-0.39, 0.29) is 18.2 Å². The van der Waals surface area contributed by atoms with Gasteiger partial charge in [0.25, 0.3) is 0 Å². The van der Waals surface area contributed by atoms with Gasteiger partial charge in [0.15, 0.2) is 11.5 Å². The summed E-state index contributed by atoms with van der Waals surface area (Å²) in [6.45, 7) is 2.36. The summed E-state index contributed by atoms with van der Waals surface area (Å²) in [4.78, 5) is 29.0. The van der Waals surface area contributed by atoms with Gasteiger partial charge in [-0.05, 0) is 29.7 Å². The number of nitrogens with one attached hydrogen (secondary N) is 2. The van der Waals surface area contributed by atoms with Crippen LogP contribution in [0, 0.1) is 0 Å². The Balaban J connectivity index is 1.64. The van der Waals surface area contributed by atoms with Crippen molar-refractivity contribution < 1.29 is 19.1 Å². The van der Waals surface area contributed by atoms with Gasteiger partial charge >= 0.3 is 0 Å². The van der Waals surface area contributed by atoms with E-state index in [9.17, 15) is 9.59 Å². The molecule has 0 aliphatic carbocycles. The molecule has 9 heteroatoms. The molecule has 1 fully saturated rings. The molecule has 162 valence electrons. The molecule has 1 aliphatic heterocycles. The van der Waals surface area contributed by atoms with Crippen molar-refractivity contribution in [3.8, 4) is 11.5 Å². The van der Waals surface area contributed by atoms with Crippen LogP contribution in [0.25, 0.3) is 0 Å². The largest absolute Gasteiger partial charge is 0.493 e. The van der Waals surface area contributed by atoms with Gasteiger partial charge in [0.2, 0.25) is 11.8 Å². The van der Waals surface area contributed by atoms with Gasteiger partial charge in [-0.2, -0.15) is 5.10 Å². The number of H-pyrrole nitrogens is 1. The Labute approximate surface area is 176 Å². The molecule has 2 heterocycles. The SMILES string of the molecule is COc1ccc(CN2CCNC(=O)C2CC(=O)N(C)CCc2cn[nH]c2)cc1OC. The number of ether oxygens (including phenoxy) is 2. The second-order valence-corrected chi connectivity index (χ2v) is 7.34. The number of hydrogen-bond donors (Lipinski definition) is 2. The first-order valence-corrected chi connectivity index (χ1v) is 9.96. The number of methoxy groups -OCH3 is 2. The monoisotopic (exact) mass is 415 g/mol. The number of piperazine rings is 1. The first kappa shape index (κ1) is 21.6. The summed E-state index contributed by atoms with van der Waals surface area (Å²) in [6.07, 6.45) is 4.42. The van der Waals surface area contributed by atoms with Crippen LogP contribution < -0.4 is 14.8 Å². The highest BCUT2D eigenvalue weighted by Crippen LogP contribution is 2.28. The Hall–Kier alpha value is -3.07. The number of aromatic nitrogens is 2. The lowest BCUT2D eigenvalue weighted by atomic mass is 10.1. The van der Waals surface area contributed by atoms with Crippen molar-refractivity contribution in [1.29, 1.82) is 0 Å². The molecule has 0 saturated carbocycles. The van der Waals surface area contributed by atoms with Gasteiger partial charge in [-0.1, -0.05) is 6.07 Å². The van der Waals surface area contributed by atoms with E-state index >= 15 is 0 Å². The van der Waals surface area contributed by atoms with Crippen LogP contribution in [0.3, 0.4) is 0 Å². The molecule has 1 aromatic heterocycles. The number of carbonyl (C=O) groups is 2. The highest BCUT2D eigenvalue weighted by atomic mass is 16.5. The summed E-state index contributed by atoms with van der Waals surface area (Å²) in [6, 6.07) is 5.20. The predicted molar refractivity (Wildman–Crippen MR) is 111 cm³/mol. The van der Waals surface area contributed by atoms with Crippen LogP contribution in [0.5, 0.6) is 11.5 Å². The molecule has 1 aliphatic rings. The second-order valence-electron chi connectivity index (χ2n) is 7.34. The van der Waals surface area contributed by atoms with Crippen molar-refractivity contribution >= 4 is 11.8 Å². The van der Waals surface area contributed by atoms with Gasteiger partial charge in [0.1, 0.15) is 0 Å². The number of likely N-dealkylation sites (N-methyl/N-ethyl adjacent to an activating group) is 1. The van der Waals surface area contributed by atoms with Crippen molar-refractivity contribution in [1.82, 2.24) is 25.3 Å². The van der Waals surface area contributed by atoms with E-state index in [1.807, 2.05) is 29.3 Å². The van der Waals surface area contributed by atoms with Gasteiger partial charge in [-0.3, -0.25) is 19.6 Å². The molecule has 1 unspecified atom stereocenters. The first-order valence-electron chi connectivity index (χ1n) is 9.96. The van der Waals surface area contributed by atoms with E-state index in [1.54, 1.807) is 32.4 Å². The highest BCUT2D eigenvalue weighted by molar-refractivity contribution is 5.88. The summed E-state index contributed by atoms with van der Waals surface area (Å²) < 4.78 is 10.7. The summed E-state index contributed by atoms with van der Waals surface area (Å²) in [7, 11) is 4.95. The molecule has 9 nitrogen and oxygen atoms in total. The fourth-order valence-corrected chi connectivity index (χ4v) is 3.54. The van der Waals surface area contributed by atoms with Crippen LogP contribution in [0.1, 0.15) is 17.5 Å². The van der Waals surface area contributed by atoms with Gasteiger partial charge in [0, 0.05) is 39.4 Å². The lowest BCUT2D eigenvalue weighted by Crippen LogP contribution is -2.56. The number of rotatable bonds is 9. The van der Waals surface area contributed by atoms with Crippen LogP contribution >= 0.6 is 0 Å². The molecule has 0 radical (unpaired) electrons. The van der Waals surface area contributed by atoms with Crippen LogP contribution in [0.15, 0.2) is 30.6 Å². The van der Waals surface area contributed by atoms with Crippen LogP contribution in [0.2, 0.25) is 0 Å². The van der Waals surface area contributed by atoms with Crippen LogP contribution in [-0.2, 0) is 22.6 Å². The normalized spacial score (nSPS) is 16.8. The minimum Gasteiger partial charge on any atom is -0.493 e. The number of benzene rings is 1. The zero-order valence-electron chi connectivity index (χ0n) is 17.7. The van der Waals surface area contributed by atoms with Crippen molar-refractivity contribution in [2.24, 2.45) is 0 Å². The summed E-state index contributed by atoms with van der Waals surface area (Å²) in [5, 5.41) is 9.56. The van der Waals surface area contributed by atoms with Crippen molar-refractivity contribution in [3.63, 3.8) is 0 Å². The number of amides is 2. The number of aromatic amines is 1. The summed E-state index contributed by atoms with van der Waals surface area (Å²) >= 11 is 0. The van der Waals surface area contributed by atoms with E-state index in [2.05, 4.69) is 15.5 Å². The average Bonchev–Trinajstić information content (AvgIpc) is 3.27. The summed E-state index contributed by atoms with van der Waals surface area (Å²) in [5.41, 5.74) is 2.04. The fraction of sp³-hybridized carbons (Fsp3) is 0.476. The maximum absolute atomic E-state index is 12.8. The Morgan fingerprint density at radius 2 is 2.07 bits per heavy atom. The third-order valence-corrected chi connectivity index (χ3v) is 5.36. The molecule has 1 aromatic carbocycles. The Morgan fingerprint density at radius 1 is 1.27 bits per heavy atom. The molecule has 1 atom stereocenters. The topological polar surface area (TPSA) is 99.8 Å². The first-order chi connectivity index (χ1) is 14.5. The van der Waals surface area contributed by atoms with Crippen LogP contribution in [0.4, 0.5) is 0 Å². The van der Waals surface area contributed by atoms with Crippen LogP contribution in [-0.4, -0.2) is 78.8 Å². The molecule has 2 aromatic rings. The zero-order chi connectivity index (χ0) is 21.5. The van der Waals surface area contributed by atoms with Gasteiger partial charge in [-0.25, -0.2) is 0 Å². The number of carbonyl (C=O) groups excluding carboxylic acids is 2. The average molecular weight is 415 g/mol. The van der Waals surface area contributed by atoms with Crippen molar-refractivity contribution in [2.45, 2.75) is 25.4 Å². The number of hydrogen-bond acceptors (Lipinski definition) is 6. The lowest BCUT2D eigenvalue weighted by molar-refractivity contribution is -0.138. The maximum Gasteiger partial charge on any atom is 0.237 e. The highest BCUT2D eigenvalue weighted by Gasteiger charge is 2.32. The molecule has 0 spiro atoms. The molecule has 2 N–H and O–H groups in total. The zero-order valence-corrected chi connectivity index (χ0v) is 17.7. The number of nitrogens with zero attached hydrogens (tertiary/aromatic N) is 3. The van der Waals surface area contributed by atoms with Crippen molar-refractivity contribution in [3.05, 3.63) is 41.7 Å². The quantitative estimate of drug-likeness (QED) is 0.629. The molecular formula is C21H29N5O4.